The molecule has 0 spiro atoms. The van der Waals surface area contributed by atoms with Crippen molar-refractivity contribution >= 4 is 23.2 Å². The molecule has 0 bridgehead atoms. The average molecular weight is 320 g/mol. The van der Waals surface area contributed by atoms with Gasteiger partial charge < -0.3 is 20.3 Å². The normalized spacial score (nSPS) is 18.3. The second-order valence-electron chi connectivity index (χ2n) is 7.25. The fraction of sp³-hybridized carbons (Fsp3) is 0.588. The summed E-state index contributed by atoms with van der Waals surface area (Å²) in [5, 5.41) is 2.74. The lowest BCUT2D eigenvalue weighted by Crippen LogP contribution is -2.31. The molecule has 0 aliphatic carbocycles. The van der Waals surface area contributed by atoms with Crippen molar-refractivity contribution in [2.45, 2.75) is 38.8 Å². The second kappa shape index (κ2) is 6.66. The summed E-state index contributed by atoms with van der Waals surface area (Å²) in [4.78, 5) is 16.5. The van der Waals surface area contributed by atoms with Crippen LogP contribution in [-0.2, 0) is 4.74 Å². The summed E-state index contributed by atoms with van der Waals surface area (Å²) in [5.74, 6) is 0. The average Bonchev–Trinajstić information content (AvgIpc) is 2.89. The number of amides is 1. The SMILES string of the molecule is CN(C)[C@@H]1CCN(c2ccc(N)c(NC(=O)OC(C)(C)C)c2)C1. The molecule has 0 aromatic heterocycles. The van der Waals surface area contributed by atoms with Crippen LogP contribution in [-0.4, -0.2) is 49.8 Å². The molecule has 2 rings (SSSR count). The van der Waals surface area contributed by atoms with E-state index in [2.05, 4.69) is 29.2 Å². The van der Waals surface area contributed by atoms with Crippen molar-refractivity contribution in [3.63, 3.8) is 0 Å². The van der Waals surface area contributed by atoms with Crippen LogP contribution in [0.4, 0.5) is 21.9 Å². The summed E-state index contributed by atoms with van der Waals surface area (Å²) in [6.07, 6.45) is 0.639. The Labute approximate surface area is 138 Å². The van der Waals surface area contributed by atoms with Gasteiger partial charge in [0, 0.05) is 24.8 Å². The highest BCUT2D eigenvalue weighted by atomic mass is 16.6. The summed E-state index contributed by atoms with van der Waals surface area (Å²) in [5.41, 5.74) is 7.62. The molecule has 1 saturated heterocycles. The van der Waals surface area contributed by atoms with Crippen LogP contribution in [0.3, 0.4) is 0 Å². The Morgan fingerprint density at radius 2 is 2.09 bits per heavy atom. The molecular formula is C17H28N4O2. The van der Waals surface area contributed by atoms with Gasteiger partial charge in [-0.3, -0.25) is 5.32 Å². The molecule has 1 heterocycles. The monoisotopic (exact) mass is 320 g/mol. The highest BCUT2D eigenvalue weighted by Gasteiger charge is 2.24. The van der Waals surface area contributed by atoms with Gasteiger partial charge in [-0.05, 0) is 59.5 Å². The third kappa shape index (κ3) is 4.76. The van der Waals surface area contributed by atoms with Crippen molar-refractivity contribution in [1.29, 1.82) is 0 Å². The number of nitrogens with zero attached hydrogens (tertiary/aromatic N) is 2. The van der Waals surface area contributed by atoms with Crippen LogP contribution in [0.2, 0.25) is 0 Å². The predicted octanol–water partition coefficient (Wildman–Crippen LogP) is 2.76. The summed E-state index contributed by atoms with van der Waals surface area (Å²) >= 11 is 0. The maximum Gasteiger partial charge on any atom is 0.412 e. The lowest BCUT2D eigenvalue weighted by molar-refractivity contribution is 0.0636. The van der Waals surface area contributed by atoms with Crippen LogP contribution in [0, 0.1) is 0 Å². The van der Waals surface area contributed by atoms with Crippen LogP contribution in [0.15, 0.2) is 18.2 Å². The number of hydrogen-bond donors (Lipinski definition) is 2. The largest absolute Gasteiger partial charge is 0.444 e. The van der Waals surface area contributed by atoms with E-state index in [-0.39, 0.29) is 0 Å². The zero-order valence-electron chi connectivity index (χ0n) is 14.7. The van der Waals surface area contributed by atoms with Gasteiger partial charge in [-0.25, -0.2) is 4.79 Å². The van der Waals surface area contributed by atoms with Crippen molar-refractivity contribution in [3.8, 4) is 0 Å². The van der Waals surface area contributed by atoms with E-state index in [9.17, 15) is 4.79 Å². The van der Waals surface area contributed by atoms with Gasteiger partial charge in [0.15, 0.2) is 0 Å². The molecule has 0 radical (unpaired) electrons. The minimum Gasteiger partial charge on any atom is -0.444 e. The number of nitrogens with one attached hydrogen (secondary N) is 1. The molecule has 1 aliphatic rings. The molecule has 0 unspecified atom stereocenters. The number of hydrogen-bond acceptors (Lipinski definition) is 5. The highest BCUT2D eigenvalue weighted by Crippen LogP contribution is 2.29. The lowest BCUT2D eigenvalue weighted by Gasteiger charge is -2.23. The van der Waals surface area contributed by atoms with Crippen LogP contribution in [0.1, 0.15) is 27.2 Å². The van der Waals surface area contributed by atoms with Gasteiger partial charge in [-0.15, -0.1) is 0 Å². The Balaban J connectivity index is 2.09. The molecule has 0 saturated carbocycles. The van der Waals surface area contributed by atoms with Gasteiger partial charge >= 0.3 is 6.09 Å². The van der Waals surface area contributed by atoms with E-state index in [4.69, 9.17) is 10.5 Å². The first-order valence-electron chi connectivity index (χ1n) is 7.96. The molecular weight excluding hydrogens is 292 g/mol. The second-order valence-corrected chi connectivity index (χ2v) is 7.25. The fourth-order valence-electron chi connectivity index (χ4n) is 2.66. The molecule has 1 atom stereocenters. The minimum absolute atomic E-state index is 0.492. The van der Waals surface area contributed by atoms with Crippen molar-refractivity contribution in [2.75, 3.05) is 43.1 Å². The number of rotatable bonds is 3. The number of nitrogen functional groups attached to an aromatic ring is 1. The van der Waals surface area contributed by atoms with Gasteiger partial charge in [0.2, 0.25) is 0 Å². The van der Waals surface area contributed by atoms with Crippen LogP contribution in [0.25, 0.3) is 0 Å². The standard InChI is InChI=1S/C17H28N4O2/c1-17(2,3)23-16(22)19-15-10-12(6-7-14(15)18)21-9-8-13(11-21)20(4)5/h6-7,10,13H,8-9,11,18H2,1-5H3,(H,19,22)/t13-/m1/s1. The van der Waals surface area contributed by atoms with Crippen molar-refractivity contribution < 1.29 is 9.53 Å². The molecule has 1 fully saturated rings. The van der Waals surface area contributed by atoms with Gasteiger partial charge in [-0.1, -0.05) is 0 Å². The van der Waals surface area contributed by atoms with E-state index in [1.165, 1.54) is 0 Å². The number of nitrogens with two attached hydrogens (primary N) is 1. The Morgan fingerprint density at radius 1 is 1.39 bits per heavy atom. The maximum absolute atomic E-state index is 11.9. The first-order valence-corrected chi connectivity index (χ1v) is 7.96. The van der Waals surface area contributed by atoms with Crippen molar-refractivity contribution in [1.82, 2.24) is 4.90 Å². The van der Waals surface area contributed by atoms with Crippen molar-refractivity contribution in [2.24, 2.45) is 0 Å². The molecule has 3 N–H and O–H groups in total. The van der Waals surface area contributed by atoms with Crippen LogP contribution < -0.4 is 16.0 Å². The lowest BCUT2D eigenvalue weighted by atomic mass is 10.2. The number of carbonyl (C=O) groups is 1. The summed E-state index contributed by atoms with van der Waals surface area (Å²) < 4.78 is 5.28. The van der Waals surface area contributed by atoms with E-state index in [0.717, 1.165) is 25.2 Å². The number of carbonyl (C=O) groups excluding carboxylic acids is 1. The molecule has 1 aliphatic heterocycles. The molecule has 1 amide bonds. The van der Waals surface area contributed by atoms with Gasteiger partial charge in [0.1, 0.15) is 5.60 Å². The summed E-state index contributed by atoms with van der Waals surface area (Å²) in [6.45, 7) is 7.47. The highest BCUT2D eigenvalue weighted by molar-refractivity contribution is 5.90. The minimum atomic E-state index is -0.537. The zero-order chi connectivity index (χ0) is 17.2. The Hall–Kier alpha value is -1.95. The van der Waals surface area contributed by atoms with E-state index in [1.54, 1.807) is 0 Å². The molecule has 1 aromatic carbocycles. The summed E-state index contributed by atoms with van der Waals surface area (Å²) in [7, 11) is 4.21. The van der Waals surface area contributed by atoms with E-state index < -0.39 is 11.7 Å². The van der Waals surface area contributed by atoms with Crippen LogP contribution >= 0.6 is 0 Å². The van der Waals surface area contributed by atoms with Crippen molar-refractivity contribution in [3.05, 3.63) is 18.2 Å². The Morgan fingerprint density at radius 3 is 2.65 bits per heavy atom. The molecule has 6 nitrogen and oxygen atoms in total. The number of likely N-dealkylation sites (N-methyl/N-ethyl adjacent to an activating group) is 1. The predicted molar refractivity (Wildman–Crippen MR) is 95.0 cm³/mol. The van der Waals surface area contributed by atoms with Gasteiger partial charge in [-0.2, -0.15) is 0 Å². The summed E-state index contributed by atoms with van der Waals surface area (Å²) in [6, 6.07) is 6.28. The smallest absolute Gasteiger partial charge is 0.412 e. The number of anilines is 3. The van der Waals surface area contributed by atoms with Crippen LogP contribution in [0.5, 0.6) is 0 Å². The quantitative estimate of drug-likeness (QED) is 0.838. The fourth-order valence-corrected chi connectivity index (χ4v) is 2.66. The van der Waals surface area contributed by atoms with Gasteiger partial charge in [0.05, 0.1) is 11.4 Å². The first kappa shape index (κ1) is 17.4. The number of benzene rings is 1. The molecule has 1 aromatic rings. The Bertz CT molecular complexity index is 566. The topological polar surface area (TPSA) is 70.8 Å². The third-order valence-corrected chi connectivity index (χ3v) is 3.93. The maximum atomic E-state index is 11.9. The molecule has 23 heavy (non-hydrogen) atoms. The first-order chi connectivity index (χ1) is 10.7. The van der Waals surface area contributed by atoms with E-state index in [0.29, 0.717) is 17.4 Å². The van der Waals surface area contributed by atoms with E-state index >= 15 is 0 Å². The Kier molecular flexibility index (Phi) is 5.04. The zero-order valence-corrected chi connectivity index (χ0v) is 14.7. The van der Waals surface area contributed by atoms with E-state index in [1.807, 2.05) is 39.0 Å². The molecule has 128 valence electrons. The number of ether oxygens (including phenoxy) is 1. The van der Waals surface area contributed by atoms with Gasteiger partial charge in [0.25, 0.3) is 0 Å². The molecule has 6 heteroatoms. The third-order valence-electron chi connectivity index (χ3n) is 3.93.